The van der Waals surface area contributed by atoms with Crippen LogP contribution in [0.25, 0.3) is 0 Å². The molecule has 2 aliphatic rings. The summed E-state index contributed by atoms with van der Waals surface area (Å²) in [6.07, 6.45) is 6.00. The van der Waals surface area contributed by atoms with Crippen molar-refractivity contribution in [1.29, 1.82) is 0 Å². The molecule has 1 saturated carbocycles. The molecule has 166 valence electrons. The van der Waals surface area contributed by atoms with Crippen LogP contribution in [-0.2, 0) is 16.4 Å². The molecule has 3 N–H and O–H groups in total. The second kappa shape index (κ2) is 12.1. The predicted molar refractivity (Wildman–Crippen MR) is 122 cm³/mol. The van der Waals surface area contributed by atoms with Crippen LogP contribution in [0.15, 0.2) is 24.3 Å². The van der Waals surface area contributed by atoms with Crippen molar-refractivity contribution in [2.24, 2.45) is 11.7 Å². The summed E-state index contributed by atoms with van der Waals surface area (Å²) in [6, 6.07) is 7.65. The molecule has 1 amide bonds. The maximum atomic E-state index is 12.7. The smallest absolute Gasteiger partial charge is 0.251 e. The lowest BCUT2D eigenvalue weighted by Gasteiger charge is -2.30. The van der Waals surface area contributed by atoms with Gasteiger partial charge in [-0.05, 0) is 36.5 Å². The van der Waals surface area contributed by atoms with E-state index in [4.69, 9.17) is 5.73 Å². The lowest BCUT2D eigenvalue weighted by atomic mass is 9.84. The van der Waals surface area contributed by atoms with E-state index in [1.807, 2.05) is 24.3 Å². The molecular weight excluding hydrogens is 433 g/mol. The van der Waals surface area contributed by atoms with Gasteiger partial charge in [0.25, 0.3) is 5.91 Å². The van der Waals surface area contributed by atoms with Gasteiger partial charge in [-0.2, -0.15) is 0 Å². The van der Waals surface area contributed by atoms with Crippen molar-refractivity contribution in [3.8, 4) is 0 Å². The highest BCUT2D eigenvalue weighted by atomic mass is 35.5. The quantitative estimate of drug-likeness (QED) is 0.672. The number of nitrogens with two attached hydrogens (primary N) is 1. The minimum Gasteiger partial charge on any atom is -0.348 e. The summed E-state index contributed by atoms with van der Waals surface area (Å²) in [4.78, 5) is 14.9. The molecule has 2 fully saturated rings. The Labute approximate surface area is 186 Å². The van der Waals surface area contributed by atoms with E-state index in [-0.39, 0.29) is 48.3 Å². The minimum absolute atomic E-state index is 0. The second-order valence-electron chi connectivity index (χ2n) is 7.84. The Morgan fingerprint density at radius 3 is 2.41 bits per heavy atom. The molecule has 0 aromatic heterocycles. The molecule has 1 aliphatic carbocycles. The van der Waals surface area contributed by atoms with Gasteiger partial charge in [0.15, 0.2) is 9.84 Å². The summed E-state index contributed by atoms with van der Waals surface area (Å²) in [6.45, 7) is 2.24. The van der Waals surface area contributed by atoms with E-state index >= 15 is 0 Å². The van der Waals surface area contributed by atoms with Gasteiger partial charge in [-0.3, -0.25) is 9.69 Å². The number of nitrogens with one attached hydrogen (secondary N) is 1. The normalized spacial score (nSPS) is 20.7. The Kier molecular flexibility index (Phi) is 10.9. The van der Waals surface area contributed by atoms with E-state index in [1.165, 1.54) is 19.3 Å². The van der Waals surface area contributed by atoms with Crippen molar-refractivity contribution in [2.75, 3.05) is 31.1 Å². The highest BCUT2D eigenvalue weighted by Crippen LogP contribution is 2.26. The number of hydrogen-bond donors (Lipinski definition) is 2. The fourth-order valence-corrected chi connectivity index (χ4v) is 5.41. The standard InChI is InChI=1S/C20H31N3O3S.2ClH/c21-14-19(17-6-2-1-3-7-17)22-20(24)18-8-4-5-16(13-18)15-23-9-11-27(25,26)12-10-23;;/h4-5,8,13,17,19H,1-3,6-7,9-12,14-15,21H2,(H,22,24);2*1H. The van der Waals surface area contributed by atoms with Crippen molar-refractivity contribution in [3.05, 3.63) is 35.4 Å². The van der Waals surface area contributed by atoms with Crippen molar-refractivity contribution in [2.45, 2.75) is 44.7 Å². The largest absolute Gasteiger partial charge is 0.348 e. The van der Waals surface area contributed by atoms with Gasteiger partial charge in [0.2, 0.25) is 0 Å². The van der Waals surface area contributed by atoms with Gasteiger partial charge < -0.3 is 11.1 Å². The van der Waals surface area contributed by atoms with Crippen LogP contribution in [0, 0.1) is 5.92 Å². The number of amides is 1. The summed E-state index contributed by atoms with van der Waals surface area (Å²) < 4.78 is 23.1. The Morgan fingerprint density at radius 1 is 1.14 bits per heavy atom. The number of sulfone groups is 1. The molecule has 0 radical (unpaired) electrons. The average Bonchev–Trinajstić information content (AvgIpc) is 2.68. The van der Waals surface area contributed by atoms with E-state index in [9.17, 15) is 13.2 Å². The highest BCUT2D eigenvalue weighted by Gasteiger charge is 2.25. The minimum atomic E-state index is -2.87. The number of hydrogen-bond acceptors (Lipinski definition) is 5. The first-order valence-corrected chi connectivity index (χ1v) is 11.8. The monoisotopic (exact) mass is 465 g/mol. The van der Waals surface area contributed by atoms with Gasteiger partial charge in [-0.1, -0.05) is 31.4 Å². The molecule has 9 heteroatoms. The van der Waals surface area contributed by atoms with Crippen molar-refractivity contribution in [3.63, 3.8) is 0 Å². The van der Waals surface area contributed by atoms with E-state index in [2.05, 4.69) is 10.2 Å². The first-order chi connectivity index (χ1) is 13.0. The number of benzene rings is 1. The zero-order chi connectivity index (χ0) is 19.3. The Hall–Kier alpha value is -0.860. The van der Waals surface area contributed by atoms with Gasteiger partial charge in [-0.25, -0.2) is 8.42 Å². The van der Waals surface area contributed by atoms with Crippen LogP contribution < -0.4 is 11.1 Å². The SMILES string of the molecule is Cl.Cl.NCC(NC(=O)c1cccc(CN2CCS(=O)(=O)CC2)c1)C1CCCCC1. The van der Waals surface area contributed by atoms with E-state index < -0.39 is 9.84 Å². The van der Waals surface area contributed by atoms with Gasteiger partial charge >= 0.3 is 0 Å². The van der Waals surface area contributed by atoms with Crippen LogP contribution in [-0.4, -0.2) is 56.4 Å². The molecule has 1 aliphatic heterocycles. The highest BCUT2D eigenvalue weighted by molar-refractivity contribution is 7.91. The molecular formula is C20H33Cl2N3O3S. The van der Waals surface area contributed by atoms with Gasteiger partial charge in [-0.15, -0.1) is 24.8 Å². The zero-order valence-corrected chi connectivity index (χ0v) is 19.2. The Bertz CT molecular complexity index is 741. The third-order valence-electron chi connectivity index (χ3n) is 5.82. The summed E-state index contributed by atoms with van der Waals surface area (Å²) >= 11 is 0. The number of nitrogens with zero attached hydrogens (tertiary/aromatic N) is 1. The van der Waals surface area contributed by atoms with Gasteiger partial charge in [0.1, 0.15) is 0 Å². The van der Waals surface area contributed by atoms with E-state index in [0.29, 0.717) is 37.7 Å². The first-order valence-electron chi connectivity index (χ1n) is 9.99. The molecule has 0 bridgehead atoms. The Balaban J connectivity index is 0.00000210. The van der Waals surface area contributed by atoms with Crippen LogP contribution in [0.3, 0.4) is 0 Å². The maximum Gasteiger partial charge on any atom is 0.251 e. The predicted octanol–water partition coefficient (Wildman–Crippen LogP) is 2.40. The third-order valence-corrected chi connectivity index (χ3v) is 7.43. The third kappa shape index (κ3) is 7.72. The van der Waals surface area contributed by atoms with Crippen molar-refractivity contribution >= 4 is 40.6 Å². The van der Waals surface area contributed by atoms with Crippen LogP contribution in [0.4, 0.5) is 0 Å². The Morgan fingerprint density at radius 2 is 1.79 bits per heavy atom. The summed E-state index contributed by atoms with van der Waals surface area (Å²) in [5.41, 5.74) is 7.61. The van der Waals surface area contributed by atoms with Crippen LogP contribution in [0.2, 0.25) is 0 Å². The molecule has 1 atom stereocenters. The molecule has 6 nitrogen and oxygen atoms in total. The number of halogens is 2. The van der Waals surface area contributed by atoms with Crippen molar-refractivity contribution in [1.82, 2.24) is 10.2 Å². The van der Waals surface area contributed by atoms with Crippen LogP contribution in [0.1, 0.15) is 48.0 Å². The number of rotatable bonds is 6. The van der Waals surface area contributed by atoms with Crippen LogP contribution in [0.5, 0.6) is 0 Å². The second-order valence-corrected chi connectivity index (χ2v) is 10.1. The molecule has 0 spiro atoms. The van der Waals surface area contributed by atoms with Gasteiger partial charge in [0, 0.05) is 37.8 Å². The average molecular weight is 466 g/mol. The molecule has 1 heterocycles. The van der Waals surface area contributed by atoms with Crippen molar-refractivity contribution < 1.29 is 13.2 Å². The maximum absolute atomic E-state index is 12.7. The zero-order valence-electron chi connectivity index (χ0n) is 16.7. The summed E-state index contributed by atoms with van der Waals surface area (Å²) in [5, 5.41) is 3.14. The number of carbonyl (C=O) groups is 1. The molecule has 1 unspecified atom stereocenters. The molecule has 1 aromatic carbocycles. The van der Waals surface area contributed by atoms with E-state index in [1.54, 1.807) is 0 Å². The summed E-state index contributed by atoms with van der Waals surface area (Å²) in [7, 11) is -2.87. The number of carbonyl (C=O) groups excluding carboxylic acids is 1. The molecule has 3 rings (SSSR count). The molecule has 1 aromatic rings. The lowest BCUT2D eigenvalue weighted by Crippen LogP contribution is -2.46. The molecule has 1 saturated heterocycles. The van der Waals surface area contributed by atoms with Crippen LogP contribution >= 0.6 is 24.8 Å². The fourth-order valence-electron chi connectivity index (χ4n) is 4.13. The summed E-state index contributed by atoms with van der Waals surface area (Å²) in [5.74, 6) is 0.838. The topological polar surface area (TPSA) is 92.5 Å². The van der Waals surface area contributed by atoms with Gasteiger partial charge in [0.05, 0.1) is 11.5 Å². The lowest BCUT2D eigenvalue weighted by molar-refractivity contribution is 0.0915. The first kappa shape index (κ1) is 26.2. The molecule has 29 heavy (non-hydrogen) atoms. The fraction of sp³-hybridized carbons (Fsp3) is 0.650. The van der Waals surface area contributed by atoms with E-state index in [0.717, 1.165) is 18.4 Å².